The van der Waals surface area contributed by atoms with E-state index < -0.39 is 35.5 Å². The molecule has 258 valence electrons. The molecule has 2 amide bonds. The number of methoxy groups -OCH3 is 2. The second-order valence-electron chi connectivity index (χ2n) is 11.8. The van der Waals surface area contributed by atoms with Gasteiger partial charge in [-0.3, -0.25) is 19.2 Å². The summed E-state index contributed by atoms with van der Waals surface area (Å²) in [6, 6.07) is 18.7. The highest BCUT2D eigenvalue weighted by atomic mass is 16.5. The second kappa shape index (κ2) is 16.4. The molecule has 2 N–H and O–H groups in total. The molecular formula is C38H40N6O6. The summed E-state index contributed by atoms with van der Waals surface area (Å²) in [5.74, 6) is -1.41. The first kappa shape index (κ1) is 36.8. The zero-order valence-electron chi connectivity index (χ0n) is 29.3. The summed E-state index contributed by atoms with van der Waals surface area (Å²) in [6.07, 6.45) is 0. The van der Waals surface area contributed by atoms with Crippen LogP contribution < -0.4 is 20.1 Å². The number of aryl methyl sites for hydroxylation is 4. The standard InChI is InChI=1S/C38H40N6O6/c1-21-9-13-29(23(3)17-21)39-37(47)35(25(5)45)43-41-31-15-11-27(19-33(31)49-7)28-12-16-32(34(20-28)50-8)42-44-36(26(6)46)38(48)40-30-14-10-22(2)18-24(30)4/h9-20,35-36H,1-8H3,(H,39,47)(H,40,48)/t35-,36-/m0/s1. The molecule has 0 spiro atoms. The number of ether oxygens (including phenoxy) is 2. The largest absolute Gasteiger partial charge is 0.494 e. The summed E-state index contributed by atoms with van der Waals surface area (Å²) < 4.78 is 11.1. The monoisotopic (exact) mass is 676 g/mol. The van der Waals surface area contributed by atoms with Crippen LogP contribution in [0, 0.1) is 27.7 Å². The van der Waals surface area contributed by atoms with Gasteiger partial charge < -0.3 is 20.1 Å². The number of rotatable bonds is 13. The maximum atomic E-state index is 13.0. The predicted octanol–water partition coefficient (Wildman–Crippen LogP) is 7.96. The third-order valence-corrected chi connectivity index (χ3v) is 7.80. The molecule has 12 nitrogen and oxygen atoms in total. The SMILES string of the molecule is COc1cc(-c2ccc(N=N[C@@H](C(C)=O)C(=O)Nc3ccc(C)cc3C)c(OC)c2)ccc1N=N[C@@H](C(C)=O)C(=O)Nc1ccc(C)cc1C. The maximum Gasteiger partial charge on any atom is 0.258 e. The number of hydrogen-bond acceptors (Lipinski definition) is 10. The maximum absolute atomic E-state index is 13.0. The third kappa shape index (κ3) is 9.10. The lowest BCUT2D eigenvalue weighted by Gasteiger charge is -2.13. The van der Waals surface area contributed by atoms with Crippen LogP contribution in [0.5, 0.6) is 11.5 Å². The van der Waals surface area contributed by atoms with E-state index in [2.05, 4.69) is 31.1 Å². The highest BCUT2D eigenvalue weighted by Crippen LogP contribution is 2.37. The van der Waals surface area contributed by atoms with Gasteiger partial charge in [-0.2, -0.15) is 20.5 Å². The topological polar surface area (TPSA) is 160 Å². The van der Waals surface area contributed by atoms with Gasteiger partial charge in [-0.05, 0) is 100 Å². The summed E-state index contributed by atoms with van der Waals surface area (Å²) in [6.45, 7) is 10.2. The average molecular weight is 677 g/mol. The van der Waals surface area contributed by atoms with E-state index in [1.54, 1.807) is 48.5 Å². The number of benzene rings is 4. The highest BCUT2D eigenvalue weighted by Gasteiger charge is 2.25. The van der Waals surface area contributed by atoms with Crippen molar-refractivity contribution in [3.05, 3.63) is 95.1 Å². The van der Waals surface area contributed by atoms with Crippen molar-refractivity contribution in [2.24, 2.45) is 20.5 Å². The fraction of sp³-hybridized carbons (Fsp3) is 0.263. The molecule has 0 aliphatic heterocycles. The van der Waals surface area contributed by atoms with E-state index in [4.69, 9.17) is 9.47 Å². The fourth-order valence-corrected chi connectivity index (χ4v) is 5.07. The van der Waals surface area contributed by atoms with Crippen molar-refractivity contribution in [3.63, 3.8) is 0 Å². The van der Waals surface area contributed by atoms with Gasteiger partial charge in [0, 0.05) is 11.4 Å². The molecule has 0 saturated carbocycles. The normalized spacial score (nSPS) is 12.4. The van der Waals surface area contributed by atoms with E-state index in [0.29, 0.717) is 34.2 Å². The number of hydrogen-bond donors (Lipinski definition) is 2. The van der Waals surface area contributed by atoms with Gasteiger partial charge in [-0.1, -0.05) is 47.5 Å². The number of amides is 2. The lowest BCUT2D eigenvalue weighted by atomic mass is 10.0. The van der Waals surface area contributed by atoms with Crippen LogP contribution in [0.25, 0.3) is 11.1 Å². The van der Waals surface area contributed by atoms with Crippen molar-refractivity contribution in [2.45, 2.75) is 53.6 Å². The number of Topliss-reactive ketones (excluding diaryl/α,β-unsaturated/α-hetero) is 2. The highest BCUT2D eigenvalue weighted by molar-refractivity contribution is 6.11. The zero-order valence-corrected chi connectivity index (χ0v) is 29.3. The Bertz CT molecular complexity index is 1860. The minimum atomic E-state index is -1.36. The summed E-state index contributed by atoms with van der Waals surface area (Å²) in [5.41, 5.74) is 7.08. The van der Waals surface area contributed by atoms with E-state index >= 15 is 0 Å². The molecule has 0 radical (unpaired) electrons. The van der Waals surface area contributed by atoms with Gasteiger partial charge >= 0.3 is 0 Å². The lowest BCUT2D eigenvalue weighted by Crippen LogP contribution is -2.32. The molecular weight excluding hydrogens is 636 g/mol. The van der Waals surface area contributed by atoms with Crippen LogP contribution in [-0.2, 0) is 19.2 Å². The van der Waals surface area contributed by atoms with E-state index in [1.165, 1.54) is 28.1 Å². The lowest BCUT2D eigenvalue weighted by molar-refractivity contribution is -0.127. The summed E-state index contributed by atoms with van der Waals surface area (Å²) in [4.78, 5) is 50.6. The van der Waals surface area contributed by atoms with Crippen LogP contribution in [0.1, 0.15) is 36.1 Å². The van der Waals surface area contributed by atoms with Crippen LogP contribution in [0.3, 0.4) is 0 Å². The molecule has 2 atom stereocenters. The molecule has 4 aromatic rings. The van der Waals surface area contributed by atoms with E-state index in [-0.39, 0.29) is 0 Å². The molecule has 12 heteroatoms. The number of carbonyl (C=O) groups is 4. The van der Waals surface area contributed by atoms with Crippen molar-refractivity contribution in [1.82, 2.24) is 0 Å². The van der Waals surface area contributed by atoms with Crippen LogP contribution >= 0.6 is 0 Å². The number of nitrogens with one attached hydrogen (secondary N) is 2. The van der Waals surface area contributed by atoms with Gasteiger partial charge in [-0.25, -0.2) is 0 Å². The molecule has 4 rings (SSSR count). The molecule has 0 unspecified atom stereocenters. The van der Waals surface area contributed by atoms with Crippen LogP contribution in [0.4, 0.5) is 22.7 Å². The van der Waals surface area contributed by atoms with Gasteiger partial charge in [0.2, 0.25) is 12.1 Å². The first-order valence-corrected chi connectivity index (χ1v) is 15.8. The number of ketones is 2. The molecule has 50 heavy (non-hydrogen) atoms. The Morgan fingerprint density at radius 2 is 0.940 bits per heavy atom. The average Bonchev–Trinajstić information content (AvgIpc) is 3.07. The zero-order chi connectivity index (χ0) is 36.5. The van der Waals surface area contributed by atoms with Crippen LogP contribution in [-0.4, -0.2) is 49.7 Å². The molecule has 0 saturated heterocycles. The van der Waals surface area contributed by atoms with Crippen molar-refractivity contribution >= 4 is 46.1 Å². The minimum Gasteiger partial charge on any atom is -0.494 e. The van der Waals surface area contributed by atoms with E-state index in [9.17, 15) is 19.2 Å². The van der Waals surface area contributed by atoms with Gasteiger partial charge in [0.25, 0.3) is 11.8 Å². The van der Waals surface area contributed by atoms with Crippen molar-refractivity contribution in [3.8, 4) is 22.6 Å². The predicted molar refractivity (Wildman–Crippen MR) is 192 cm³/mol. The van der Waals surface area contributed by atoms with Gasteiger partial charge in [0.15, 0.2) is 11.6 Å². The fourth-order valence-electron chi connectivity index (χ4n) is 5.07. The van der Waals surface area contributed by atoms with Crippen LogP contribution in [0.2, 0.25) is 0 Å². The van der Waals surface area contributed by atoms with Gasteiger partial charge in [0.05, 0.1) is 14.2 Å². The molecule has 0 aliphatic carbocycles. The van der Waals surface area contributed by atoms with Crippen LogP contribution in [0.15, 0.2) is 93.3 Å². The molecule has 4 aromatic carbocycles. The Balaban J connectivity index is 1.53. The Labute approximate surface area is 291 Å². The van der Waals surface area contributed by atoms with Crippen molar-refractivity contribution in [2.75, 3.05) is 24.9 Å². The third-order valence-electron chi connectivity index (χ3n) is 7.80. The first-order valence-electron chi connectivity index (χ1n) is 15.8. The molecule has 0 aliphatic rings. The molecule has 0 bridgehead atoms. The smallest absolute Gasteiger partial charge is 0.258 e. The molecule has 0 heterocycles. The van der Waals surface area contributed by atoms with Gasteiger partial charge in [0.1, 0.15) is 22.9 Å². The van der Waals surface area contributed by atoms with E-state index in [0.717, 1.165) is 33.4 Å². The van der Waals surface area contributed by atoms with Gasteiger partial charge in [-0.15, -0.1) is 0 Å². The number of anilines is 2. The quantitative estimate of drug-likeness (QED) is 0.108. The van der Waals surface area contributed by atoms with Crippen molar-refractivity contribution in [1.29, 1.82) is 0 Å². The molecule has 0 aromatic heterocycles. The number of azo groups is 2. The summed E-state index contributed by atoms with van der Waals surface area (Å²) >= 11 is 0. The number of carbonyl (C=O) groups excluding carboxylic acids is 4. The summed E-state index contributed by atoms with van der Waals surface area (Å²) in [7, 11) is 2.94. The molecule has 0 fully saturated rings. The summed E-state index contributed by atoms with van der Waals surface area (Å²) in [5, 5.41) is 22.0. The Kier molecular flexibility index (Phi) is 12.1. The second-order valence-corrected chi connectivity index (χ2v) is 11.8. The minimum absolute atomic E-state index is 0.314. The van der Waals surface area contributed by atoms with E-state index in [1.807, 2.05) is 52.0 Å². The Morgan fingerprint density at radius 1 is 0.560 bits per heavy atom. The number of nitrogens with zero attached hydrogens (tertiary/aromatic N) is 4. The Morgan fingerprint density at radius 3 is 1.26 bits per heavy atom. The first-order chi connectivity index (χ1) is 23.8. The Hall–Kier alpha value is -6.04. The van der Waals surface area contributed by atoms with Crippen molar-refractivity contribution < 1.29 is 28.7 Å².